The van der Waals surface area contributed by atoms with E-state index in [0.29, 0.717) is 6.54 Å². The highest BCUT2D eigenvalue weighted by Crippen LogP contribution is 2.32. The third kappa shape index (κ3) is 3.65. The maximum absolute atomic E-state index is 11.9. The second-order valence-corrected chi connectivity index (χ2v) is 7.91. The number of ether oxygens (including phenoxy) is 1. The van der Waals surface area contributed by atoms with Gasteiger partial charge in [-0.15, -0.1) is 0 Å². The first-order valence-electron chi connectivity index (χ1n) is 7.77. The van der Waals surface area contributed by atoms with E-state index in [1.807, 2.05) is 18.2 Å². The van der Waals surface area contributed by atoms with Crippen LogP contribution in [0, 0.1) is 0 Å². The minimum absolute atomic E-state index is 0.111. The highest BCUT2D eigenvalue weighted by atomic mass is 32.2. The van der Waals surface area contributed by atoms with Crippen molar-refractivity contribution in [3.63, 3.8) is 0 Å². The van der Waals surface area contributed by atoms with Crippen LogP contribution in [-0.4, -0.2) is 61.7 Å². The summed E-state index contributed by atoms with van der Waals surface area (Å²) in [6.45, 7) is 4.77. The van der Waals surface area contributed by atoms with E-state index in [-0.39, 0.29) is 6.04 Å². The number of morpholine rings is 1. The Kier molecular flexibility index (Phi) is 4.77. The molecule has 122 valence electrons. The third-order valence-corrected chi connectivity index (χ3v) is 5.58. The summed E-state index contributed by atoms with van der Waals surface area (Å²) in [6, 6.07) is 5.83. The Balaban J connectivity index is 1.75. The molecule has 1 aromatic heterocycles. The standard InChI is InChI=1S/C15H23N3O3S/c1-22(19,20)18-7-3-6-15(18)14-5-2-4-13(16-14)12-17-8-10-21-11-9-17/h2,4-5,15H,3,6-12H2,1H3/t15-/m1/s1. The van der Waals surface area contributed by atoms with Crippen molar-refractivity contribution in [2.75, 3.05) is 39.1 Å². The summed E-state index contributed by atoms with van der Waals surface area (Å²) in [5, 5.41) is 0. The fourth-order valence-electron chi connectivity index (χ4n) is 3.19. The van der Waals surface area contributed by atoms with E-state index in [9.17, 15) is 8.42 Å². The second kappa shape index (κ2) is 6.62. The van der Waals surface area contributed by atoms with E-state index in [0.717, 1.165) is 57.1 Å². The molecule has 0 aliphatic carbocycles. The largest absolute Gasteiger partial charge is 0.379 e. The van der Waals surface area contributed by atoms with Crippen molar-refractivity contribution < 1.29 is 13.2 Å². The third-order valence-electron chi connectivity index (χ3n) is 4.29. The van der Waals surface area contributed by atoms with Gasteiger partial charge >= 0.3 is 0 Å². The van der Waals surface area contributed by atoms with Crippen LogP contribution in [0.1, 0.15) is 30.3 Å². The van der Waals surface area contributed by atoms with Gasteiger partial charge in [-0.2, -0.15) is 4.31 Å². The lowest BCUT2D eigenvalue weighted by Crippen LogP contribution is -2.36. The molecule has 0 radical (unpaired) electrons. The van der Waals surface area contributed by atoms with Crippen LogP contribution in [0.3, 0.4) is 0 Å². The number of aromatic nitrogens is 1. The van der Waals surface area contributed by atoms with Gasteiger partial charge in [-0.1, -0.05) is 6.07 Å². The molecule has 0 aromatic carbocycles. The maximum Gasteiger partial charge on any atom is 0.211 e. The quantitative estimate of drug-likeness (QED) is 0.827. The lowest BCUT2D eigenvalue weighted by molar-refractivity contribution is 0.0336. The van der Waals surface area contributed by atoms with Gasteiger partial charge in [0.2, 0.25) is 10.0 Å². The van der Waals surface area contributed by atoms with Crippen LogP contribution < -0.4 is 0 Å². The van der Waals surface area contributed by atoms with Crippen molar-refractivity contribution in [3.8, 4) is 0 Å². The molecule has 0 unspecified atom stereocenters. The summed E-state index contributed by atoms with van der Waals surface area (Å²) in [5.41, 5.74) is 1.87. The average Bonchev–Trinajstić information content (AvgIpc) is 2.98. The van der Waals surface area contributed by atoms with E-state index in [1.54, 1.807) is 4.31 Å². The topological polar surface area (TPSA) is 62.7 Å². The van der Waals surface area contributed by atoms with Crippen molar-refractivity contribution in [1.29, 1.82) is 0 Å². The molecule has 0 N–H and O–H groups in total. The van der Waals surface area contributed by atoms with Gasteiger partial charge in [0.15, 0.2) is 0 Å². The number of pyridine rings is 1. The molecule has 0 amide bonds. The monoisotopic (exact) mass is 325 g/mol. The predicted molar refractivity (Wildman–Crippen MR) is 83.9 cm³/mol. The molecule has 6 nitrogen and oxygen atoms in total. The zero-order valence-electron chi connectivity index (χ0n) is 12.9. The Bertz CT molecular complexity index is 614. The smallest absolute Gasteiger partial charge is 0.211 e. The number of rotatable bonds is 4. The molecule has 3 heterocycles. The summed E-state index contributed by atoms with van der Waals surface area (Å²) in [7, 11) is -3.17. The molecule has 3 rings (SSSR count). The van der Waals surface area contributed by atoms with Crippen LogP contribution in [0.2, 0.25) is 0 Å². The van der Waals surface area contributed by atoms with Gasteiger partial charge < -0.3 is 4.74 Å². The van der Waals surface area contributed by atoms with Crippen LogP contribution >= 0.6 is 0 Å². The summed E-state index contributed by atoms with van der Waals surface area (Å²) < 4.78 is 30.7. The lowest BCUT2D eigenvalue weighted by atomic mass is 10.1. The summed E-state index contributed by atoms with van der Waals surface area (Å²) in [4.78, 5) is 7.04. The zero-order chi connectivity index (χ0) is 15.6. The van der Waals surface area contributed by atoms with Crippen LogP contribution in [0.15, 0.2) is 18.2 Å². The summed E-state index contributed by atoms with van der Waals surface area (Å²) >= 11 is 0. The molecular weight excluding hydrogens is 302 g/mol. The first kappa shape index (κ1) is 15.9. The maximum atomic E-state index is 11.9. The van der Waals surface area contributed by atoms with Crippen molar-refractivity contribution >= 4 is 10.0 Å². The van der Waals surface area contributed by atoms with Crippen LogP contribution in [-0.2, 0) is 21.3 Å². The Hall–Kier alpha value is -1.02. The van der Waals surface area contributed by atoms with Gasteiger partial charge in [-0.05, 0) is 25.0 Å². The fourth-order valence-corrected chi connectivity index (χ4v) is 4.33. The number of nitrogens with zero attached hydrogens (tertiary/aromatic N) is 3. The van der Waals surface area contributed by atoms with Gasteiger partial charge in [-0.3, -0.25) is 9.88 Å². The van der Waals surface area contributed by atoms with Crippen molar-refractivity contribution in [2.45, 2.75) is 25.4 Å². The van der Waals surface area contributed by atoms with Gasteiger partial charge in [0.1, 0.15) is 0 Å². The molecule has 2 aliphatic rings. The van der Waals surface area contributed by atoms with E-state index in [1.165, 1.54) is 6.26 Å². The molecule has 2 saturated heterocycles. The molecule has 0 saturated carbocycles. The minimum Gasteiger partial charge on any atom is -0.379 e. The summed E-state index contributed by atoms with van der Waals surface area (Å²) in [6.07, 6.45) is 3.02. The van der Waals surface area contributed by atoms with E-state index >= 15 is 0 Å². The lowest BCUT2D eigenvalue weighted by Gasteiger charge is -2.27. The Labute approximate surface area is 132 Å². The normalized spacial score (nSPS) is 24.7. The Morgan fingerprint density at radius 3 is 2.77 bits per heavy atom. The Morgan fingerprint density at radius 1 is 1.27 bits per heavy atom. The van der Waals surface area contributed by atoms with Gasteiger partial charge in [0.05, 0.1) is 36.9 Å². The van der Waals surface area contributed by atoms with E-state index < -0.39 is 10.0 Å². The molecule has 22 heavy (non-hydrogen) atoms. The van der Waals surface area contributed by atoms with Crippen molar-refractivity contribution in [2.24, 2.45) is 0 Å². The van der Waals surface area contributed by atoms with Crippen molar-refractivity contribution in [1.82, 2.24) is 14.2 Å². The average molecular weight is 325 g/mol. The number of hydrogen-bond acceptors (Lipinski definition) is 5. The summed E-state index contributed by atoms with van der Waals surface area (Å²) in [5.74, 6) is 0. The molecule has 0 spiro atoms. The number of sulfonamides is 1. The van der Waals surface area contributed by atoms with Crippen LogP contribution in [0.5, 0.6) is 0 Å². The molecular formula is C15H23N3O3S. The molecule has 1 atom stereocenters. The minimum atomic E-state index is -3.17. The highest BCUT2D eigenvalue weighted by Gasteiger charge is 2.33. The second-order valence-electron chi connectivity index (χ2n) is 5.97. The van der Waals surface area contributed by atoms with Gasteiger partial charge in [0.25, 0.3) is 0 Å². The van der Waals surface area contributed by atoms with Crippen LogP contribution in [0.4, 0.5) is 0 Å². The van der Waals surface area contributed by atoms with Crippen LogP contribution in [0.25, 0.3) is 0 Å². The first-order valence-corrected chi connectivity index (χ1v) is 9.61. The van der Waals surface area contributed by atoms with E-state index in [4.69, 9.17) is 9.72 Å². The molecule has 2 aliphatic heterocycles. The SMILES string of the molecule is CS(=O)(=O)N1CCC[C@@H]1c1cccc(CN2CCOCC2)n1. The molecule has 2 fully saturated rings. The highest BCUT2D eigenvalue weighted by molar-refractivity contribution is 7.88. The fraction of sp³-hybridized carbons (Fsp3) is 0.667. The molecule has 1 aromatic rings. The first-order chi connectivity index (χ1) is 10.5. The molecule has 0 bridgehead atoms. The van der Waals surface area contributed by atoms with E-state index in [2.05, 4.69) is 4.90 Å². The Morgan fingerprint density at radius 2 is 2.05 bits per heavy atom. The van der Waals surface area contributed by atoms with Crippen molar-refractivity contribution in [3.05, 3.63) is 29.6 Å². The van der Waals surface area contributed by atoms with Gasteiger partial charge in [-0.25, -0.2) is 8.42 Å². The predicted octanol–water partition coefficient (Wildman–Crippen LogP) is 1.01. The zero-order valence-corrected chi connectivity index (χ0v) is 13.8. The number of hydrogen-bond donors (Lipinski definition) is 0. The molecule has 7 heteroatoms. The van der Waals surface area contributed by atoms with Gasteiger partial charge in [0, 0.05) is 26.2 Å².